The molecular weight excluding hydrogens is 244 g/mol. The number of nitrogens with zero attached hydrogens (tertiary/aromatic N) is 2. The van der Waals surface area contributed by atoms with E-state index in [-0.39, 0.29) is 0 Å². The minimum Gasteiger partial charge on any atom is -0.379 e. The second-order valence-corrected chi connectivity index (χ2v) is 5.98. The number of thiol groups is 1. The normalized spacial score (nSPS) is 26.8. The van der Waals surface area contributed by atoms with Gasteiger partial charge in [0.2, 0.25) is 0 Å². The van der Waals surface area contributed by atoms with Gasteiger partial charge in [0.15, 0.2) is 0 Å². The molecule has 0 aromatic rings. The molecule has 2 saturated heterocycles. The quantitative estimate of drug-likeness (QED) is 0.563. The highest BCUT2D eigenvalue weighted by atomic mass is 32.1. The first-order chi connectivity index (χ1) is 8.90. The van der Waals surface area contributed by atoms with Gasteiger partial charge >= 0.3 is 0 Å². The maximum absolute atomic E-state index is 5.43. The van der Waals surface area contributed by atoms with Crippen LogP contribution in [0.4, 0.5) is 0 Å². The zero-order valence-electron chi connectivity index (χ0n) is 11.5. The van der Waals surface area contributed by atoms with Crippen molar-refractivity contribution in [1.29, 1.82) is 0 Å². The number of ether oxygens (including phenoxy) is 1. The van der Waals surface area contributed by atoms with Crippen molar-refractivity contribution in [3.63, 3.8) is 0 Å². The van der Waals surface area contributed by atoms with Crippen molar-refractivity contribution in [2.24, 2.45) is 0 Å². The highest BCUT2D eigenvalue weighted by molar-refractivity contribution is 7.80. The molecule has 2 fully saturated rings. The van der Waals surface area contributed by atoms with E-state index in [1.807, 2.05) is 0 Å². The number of hydrogen-bond acceptors (Lipinski definition) is 4. The summed E-state index contributed by atoms with van der Waals surface area (Å²) < 4.78 is 5.43. The predicted octanol–water partition coefficient (Wildman–Crippen LogP) is 1.88. The molecule has 0 N–H and O–H groups in total. The summed E-state index contributed by atoms with van der Waals surface area (Å²) in [6, 6.07) is 0.798. The number of hydrogen-bond donors (Lipinski definition) is 1. The lowest BCUT2D eigenvalue weighted by Gasteiger charge is -2.32. The molecule has 0 saturated carbocycles. The number of morpholine rings is 1. The number of rotatable bonds is 7. The van der Waals surface area contributed by atoms with Gasteiger partial charge in [0.25, 0.3) is 0 Å². The van der Waals surface area contributed by atoms with Crippen molar-refractivity contribution in [1.82, 2.24) is 9.80 Å². The number of unbranched alkanes of at least 4 members (excludes halogenated alkanes) is 3. The van der Waals surface area contributed by atoms with Crippen molar-refractivity contribution >= 4 is 12.6 Å². The first-order valence-electron chi connectivity index (χ1n) is 7.55. The molecule has 3 nitrogen and oxygen atoms in total. The molecule has 4 heteroatoms. The van der Waals surface area contributed by atoms with Gasteiger partial charge in [-0.3, -0.25) is 4.90 Å². The van der Waals surface area contributed by atoms with Crippen molar-refractivity contribution in [3.8, 4) is 0 Å². The van der Waals surface area contributed by atoms with Crippen LogP contribution in [0.25, 0.3) is 0 Å². The van der Waals surface area contributed by atoms with E-state index in [4.69, 9.17) is 4.74 Å². The smallest absolute Gasteiger partial charge is 0.0594 e. The summed E-state index contributed by atoms with van der Waals surface area (Å²) in [7, 11) is 0. The fourth-order valence-electron chi connectivity index (χ4n) is 3.06. The van der Waals surface area contributed by atoms with Gasteiger partial charge in [-0.15, -0.1) is 0 Å². The molecule has 0 amide bonds. The van der Waals surface area contributed by atoms with E-state index in [1.54, 1.807) is 0 Å². The lowest BCUT2D eigenvalue weighted by Crippen LogP contribution is -2.44. The fourth-order valence-corrected chi connectivity index (χ4v) is 3.28. The van der Waals surface area contributed by atoms with Crippen LogP contribution in [0.1, 0.15) is 32.1 Å². The Bertz CT molecular complexity index is 222. The highest BCUT2D eigenvalue weighted by Gasteiger charge is 2.27. The maximum atomic E-state index is 5.43. The van der Waals surface area contributed by atoms with Crippen LogP contribution in [-0.2, 0) is 4.74 Å². The molecule has 1 atom stereocenters. The third kappa shape index (κ3) is 4.72. The van der Waals surface area contributed by atoms with Crippen molar-refractivity contribution in [2.75, 3.05) is 51.7 Å². The summed E-state index contributed by atoms with van der Waals surface area (Å²) in [5.74, 6) is 1.04. The zero-order valence-corrected chi connectivity index (χ0v) is 12.4. The lowest BCUT2D eigenvalue weighted by molar-refractivity contribution is 0.0185. The first kappa shape index (κ1) is 14.6. The third-order valence-electron chi connectivity index (χ3n) is 4.19. The lowest BCUT2D eigenvalue weighted by atomic mass is 10.2. The Labute approximate surface area is 117 Å². The van der Waals surface area contributed by atoms with Gasteiger partial charge in [0, 0.05) is 25.7 Å². The molecule has 0 aliphatic carbocycles. The summed E-state index contributed by atoms with van der Waals surface area (Å²) in [4.78, 5) is 5.28. The van der Waals surface area contributed by atoms with Crippen molar-refractivity contribution < 1.29 is 4.74 Å². The van der Waals surface area contributed by atoms with E-state index in [1.165, 1.54) is 51.7 Å². The molecule has 2 heterocycles. The van der Waals surface area contributed by atoms with Crippen molar-refractivity contribution in [3.05, 3.63) is 0 Å². The van der Waals surface area contributed by atoms with Crippen LogP contribution in [0.5, 0.6) is 0 Å². The standard InChI is InChI=1S/C14H28N2OS/c18-12-4-2-1-3-6-15-7-5-14(13-15)16-8-10-17-11-9-16/h14,18H,1-13H2. The second-order valence-electron chi connectivity index (χ2n) is 5.53. The van der Waals surface area contributed by atoms with Crippen molar-refractivity contribution in [2.45, 2.75) is 38.1 Å². The van der Waals surface area contributed by atoms with E-state index in [9.17, 15) is 0 Å². The monoisotopic (exact) mass is 272 g/mol. The van der Waals surface area contributed by atoms with Gasteiger partial charge < -0.3 is 9.64 Å². The Morgan fingerprint density at radius 2 is 1.78 bits per heavy atom. The third-order valence-corrected chi connectivity index (χ3v) is 4.51. The van der Waals surface area contributed by atoms with Gasteiger partial charge in [-0.2, -0.15) is 12.6 Å². The van der Waals surface area contributed by atoms with Crippen LogP contribution >= 0.6 is 12.6 Å². The van der Waals surface area contributed by atoms with E-state index >= 15 is 0 Å². The van der Waals surface area contributed by atoms with Gasteiger partial charge in [-0.25, -0.2) is 0 Å². The van der Waals surface area contributed by atoms with Gasteiger partial charge in [-0.1, -0.05) is 12.8 Å². The van der Waals surface area contributed by atoms with Crippen LogP contribution in [0, 0.1) is 0 Å². The summed E-state index contributed by atoms with van der Waals surface area (Å²) in [5.41, 5.74) is 0. The Balaban J connectivity index is 1.56. The highest BCUT2D eigenvalue weighted by Crippen LogP contribution is 2.17. The molecule has 0 bridgehead atoms. The Hall–Kier alpha value is 0.230. The summed E-state index contributed by atoms with van der Waals surface area (Å²) in [6.07, 6.45) is 6.73. The van der Waals surface area contributed by atoms with E-state index in [2.05, 4.69) is 22.4 Å². The molecule has 2 rings (SSSR count). The minimum absolute atomic E-state index is 0.798. The van der Waals surface area contributed by atoms with E-state index in [0.717, 1.165) is 38.1 Å². The molecule has 2 aliphatic heterocycles. The van der Waals surface area contributed by atoms with Gasteiger partial charge in [0.05, 0.1) is 13.2 Å². The van der Waals surface area contributed by atoms with Gasteiger partial charge in [0.1, 0.15) is 0 Å². The summed E-state index contributed by atoms with van der Waals surface area (Å²) in [6.45, 7) is 8.02. The summed E-state index contributed by atoms with van der Waals surface area (Å²) >= 11 is 4.25. The summed E-state index contributed by atoms with van der Waals surface area (Å²) in [5, 5.41) is 0. The molecule has 2 aliphatic rings. The average molecular weight is 272 g/mol. The van der Waals surface area contributed by atoms with E-state index < -0.39 is 0 Å². The van der Waals surface area contributed by atoms with Crippen LogP contribution in [-0.4, -0.2) is 67.5 Å². The topological polar surface area (TPSA) is 15.7 Å². The molecule has 0 spiro atoms. The molecule has 106 valence electrons. The Morgan fingerprint density at radius 3 is 2.56 bits per heavy atom. The predicted molar refractivity (Wildman–Crippen MR) is 79.6 cm³/mol. The van der Waals surface area contributed by atoms with Gasteiger partial charge in [-0.05, 0) is 38.1 Å². The molecule has 0 aromatic heterocycles. The minimum atomic E-state index is 0.798. The molecule has 1 unspecified atom stereocenters. The molecular formula is C14H28N2OS. The zero-order chi connectivity index (χ0) is 12.6. The van der Waals surface area contributed by atoms with E-state index in [0.29, 0.717) is 0 Å². The number of likely N-dealkylation sites (tertiary alicyclic amines) is 1. The molecule has 0 aromatic carbocycles. The maximum Gasteiger partial charge on any atom is 0.0594 e. The largest absolute Gasteiger partial charge is 0.379 e. The second kappa shape index (κ2) is 8.41. The van der Waals surface area contributed by atoms with Crippen LogP contribution in [0.15, 0.2) is 0 Å². The Kier molecular flexibility index (Phi) is 6.84. The molecule has 0 radical (unpaired) electrons. The average Bonchev–Trinajstić information content (AvgIpc) is 2.88. The fraction of sp³-hybridized carbons (Fsp3) is 1.00. The Morgan fingerprint density at radius 1 is 1.00 bits per heavy atom. The SMILES string of the molecule is SCCCCCCN1CCC(N2CCOCC2)C1. The van der Waals surface area contributed by atoms with Crippen LogP contribution in [0.3, 0.4) is 0 Å². The van der Waals surface area contributed by atoms with Crippen LogP contribution < -0.4 is 0 Å². The van der Waals surface area contributed by atoms with Crippen LogP contribution in [0.2, 0.25) is 0 Å². The first-order valence-corrected chi connectivity index (χ1v) is 8.18. The molecule has 18 heavy (non-hydrogen) atoms.